The van der Waals surface area contributed by atoms with Crippen LogP contribution in [0, 0.1) is 0 Å². The molecule has 0 aliphatic rings. The molecule has 0 radical (unpaired) electrons. The molecule has 2 rings (SSSR count). The molecule has 1 N–H and O–H groups in total. The summed E-state index contributed by atoms with van der Waals surface area (Å²) in [4.78, 5) is 6.45. The Hall–Kier alpha value is -2.07. The third kappa shape index (κ3) is 3.23. The van der Waals surface area contributed by atoms with Crippen molar-refractivity contribution in [2.24, 2.45) is 0 Å². The van der Waals surface area contributed by atoms with Crippen LogP contribution in [0.2, 0.25) is 0 Å². The van der Waals surface area contributed by atoms with E-state index in [0.717, 1.165) is 29.4 Å². The molecule has 0 saturated carbocycles. The lowest BCUT2D eigenvalue weighted by molar-refractivity contribution is 0.415. The van der Waals surface area contributed by atoms with Crippen LogP contribution in [0.25, 0.3) is 0 Å². The lowest BCUT2D eigenvalue weighted by Crippen LogP contribution is -2.12. The predicted octanol–water partition coefficient (Wildman–Crippen LogP) is 2.58. The van der Waals surface area contributed by atoms with Gasteiger partial charge in [0.2, 0.25) is 0 Å². The zero-order valence-electron chi connectivity index (χ0n) is 11.6. The first-order valence-electron chi connectivity index (χ1n) is 6.22. The number of nitrogens with one attached hydrogen (secondary N) is 1. The van der Waals surface area contributed by atoms with Gasteiger partial charge in [-0.05, 0) is 43.4 Å². The highest BCUT2D eigenvalue weighted by molar-refractivity contribution is 5.63. The van der Waals surface area contributed by atoms with E-state index in [1.807, 2.05) is 50.6 Å². The second-order valence-corrected chi connectivity index (χ2v) is 4.29. The van der Waals surface area contributed by atoms with Gasteiger partial charge in [0.05, 0.1) is 12.8 Å². The van der Waals surface area contributed by atoms with E-state index >= 15 is 0 Å². The molecule has 19 heavy (non-hydrogen) atoms. The van der Waals surface area contributed by atoms with Gasteiger partial charge in [-0.2, -0.15) is 0 Å². The number of ether oxygens (including phenoxy) is 1. The molecule has 0 amide bonds. The molecule has 1 heterocycles. The van der Waals surface area contributed by atoms with E-state index in [9.17, 15) is 0 Å². The molecule has 0 aliphatic heterocycles. The zero-order chi connectivity index (χ0) is 13.7. The maximum absolute atomic E-state index is 5.17. The van der Waals surface area contributed by atoms with Crippen LogP contribution >= 0.6 is 0 Å². The van der Waals surface area contributed by atoms with E-state index in [1.54, 1.807) is 7.11 Å². The van der Waals surface area contributed by atoms with Gasteiger partial charge in [0.15, 0.2) is 0 Å². The zero-order valence-corrected chi connectivity index (χ0v) is 11.6. The van der Waals surface area contributed by atoms with E-state index in [0.29, 0.717) is 0 Å². The van der Waals surface area contributed by atoms with Crippen LogP contribution < -0.4 is 15.0 Å². The maximum atomic E-state index is 5.17. The lowest BCUT2D eigenvalue weighted by atomic mass is 10.2. The quantitative estimate of drug-likeness (QED) is 0.893. The normalized spacial score (nSPS) is 10.3. The number of nitrogens with zero attached hydrogens (tertiary/aromatic N) is 2. The van der Waals surface area contributed by atoms with Gasteiger partial charge in [-0.25, -0.2) is 0 Å². The first-order valence-corrected chi connectivity index (χ1v) is 6.22. The minimum absolute atomic E-state index is 0.768. The van der Waals surface area contributed by atoms with E-state index in [2.05, 4.69) is 21.3 Å². The molecule has 4 nitrogen and oxygen atoms in total. The van der Waals surface area contributed by atoms with Gasteiger partial charge in [0, 0.05) is 31.2 Å². The van der Waals surface area contributed by atoms with E-state index in [1.165, 1.54) is 0 Å². The number of methoxy groups -OCH3 is 1. The number of hydrogen-bond donors (Lipinski definition) is 1. The number of aromatic nitrogens is 1. The highest BCUT2D eigenvalue weighted by Gasteiger charge is 2.05. The highest BCUT2D eigenvalue weighted by Crippen LogP contribution is 2.25. The molecule has 1 aromatic carbocycles. The Morgan fingerprint density at radius 1 is 1.16 bits per heavy atom. The van der Waals surface area contributed by atoms with Crippen molar-refractivity contribution in [2.45, 2.75) is 6.54 Å². The van der Waals surface area contributed by atoms with Gasteiger partial charge < -0.3 is 15.0 Å². The molecule has 0 atom stereocenters. The smallest absolute Gasteiger partial charge is 0.119 e. The van der Waals surface area contributed by atoms with Crippen LogP contribution in [-0.2, 0) is 6.54 Å². The van der Waals surface area contributed by atoms with Gasteiger partial charge in [0.25, 0.3) is 0 Å². The summed E-state index contributed by atoms with van der Waals surface area (Å²) in [6, 6.07) is 12.1. The maximum Gasteiger partial charge on any atom is 0.119 e. The van der Waals surface area contributed by atoms with Crippen LogP contribution in [0.4, 0.5) is 11.4 Å². The minimum Gasteiger partial charge on any atom is -0.497 e. The summed E-state index contributed by atoms with van der Waals surface area (Å²) in [5, 5.41) is 3.11. The molecular weight excluding hydrogens is 238 g/mol. The standard InChI is InChI=1S/C15H19N3O/c1-16-11-12-10-14(8-9-17-12)18(2)13-4-6-15(19-3)7-5-13/h4-10,16H,11H2,1-3H3. The van der Waals surface area contributed by atoms with Gasteiger partial charge in [-0.1, -0.05) is 0 Å². The van der Waals surface area contributed by atoms with Crippen molar-refractivity contribution >= 4 is 11.4 Å². The summed E-state index contributed by atoms with van der Waals surface area (Å²) >= 11 is 0. The molecular formula is C15H19N3O. The Kier molecular flexibility index (Phi) is 4.36. The molecule has 0 aliphatic carbocycles. The van der Waals surface area contributed by atoms with Crippen molar-refractivity contribution in [1.82, 2.24) is 10.3 Å². The summed E-state index contributed by atoms with van der Waals surface area (Å²) in [7, 11) is 5.63. The molecule has 0 spiro atoms. The van der Waals surface area contributed by atoms with Crippen LogP contribution in [0.5, 0.6) is 5.75 Å². The molecule has 0 bridgehead atoms. The van der Waals surface area contributed by atoms with Gasteiger partial charge in [-0.3, -0.25) is 4.98 Å². The number of pyridine rings is 1. The van der Waals surface area contributed by atoms with Crippen LogP contribution in [0.1, 0.15) is 5.69 Å². The summed E-state index contributed by atoms with van der Waals surface area (Å²) in [6.45, 7) is 0.768. The highest BCUT2D eigenvalue weighted by atomic mass is 16.5. The van der Waals surface area contributed by atoms with Crippen molar-refractivity contribution in [3.8, 4) is 5.75 Å². The van der Waals surface area contributed by atoms with Crippen molar-refractivity contribution < 1.29 is 4.74 Å². The molecule has 4 heteroatoms. The Morgan fingerprint density at radius 3 is 2.53 bits per heavy atom. The fourth-order valence-electron chi connectivity index (χ4n) is 1.91. The Morgan fingerprint density at radius 2 is 1.89 bits per heavy atom. The molecule has 0 saturated heterocycles. The molecule has 0 fully saturated rings. The van der Waals surface area contributed by atoms with E-state index in [4.69, 9.17) is 4.74 Å². The number of rotatable bonds is 5. The number of anilines is 2. The van der Waals surface area contributed by atoms with Crippen molar-refractivity contribution in [3.05, 3.63) is 48.3 Å². The summed E-state index contributed by atoms with van der Waals surface area (Å²) in [6.07, 6.45) is 1.84. The third-order valence-electron chi connectivity index (χ3n) is 3.01. The van der Waals surface area contributed by atoms with Crippen LogP contribution in [-0.4, -0.2) is 26.2 Å². The number of benzene rings is 1. The Labute approximate surface area is 114 Å². The SMILES string of the molecule is CNCc1cc(N(C)c2ccc(OC)cc2)ccn1. The van der Waals surface area contributed by atoms with Crippen molar-refractivity contribution in [1.29, 1.82) is 0 Å². The average Bonchev–Trinajstić information content (AvgIpc) is 2.47. The monoisotopic (exact) mass is 257 g/mol. The van der Waals surface area contributed by atoms with Crippen molar-refractivity contribution in [3.63, 3.8) is 0 Å². The summed E-state index contributed by atoms with van der Waals surface area (Å²) in [5.41, 5.74) is 3.26. The fraction of sp³-hybridized carbons (Fsp3) is 0.267. The second-order valence-electron chi connectivity index (χ2n) is 4.29. The molecule has 2 aromatic rings. The second kappa shape index (κ2) is 6.20. The van der Waals surface area contributed by atoms with Crippen molar-refractivity contribution in [2.75, 3.05) is 26.1 Å². The third-order valence-corrected chi connectivity index (χ3v) is 3.01. The molecule has 0 unspecified atom stereocenters. The number of hydrogen-bond acceptors (Lipinski definition) is 4. The first kappa shape index (κ1) is 13.4. The fourth-order valence-corrected chi connectivity index (χ4v) is 1.91. The van der Waals surface area contributed by atoms with Gasteiger partial charge in [-0.15, -0.1) is 0 Å². The minimum atomic E-state index is 0.768. The lowest BCUT2D eigenvalue weighted by Gasteiger charge is -2.20. The molecule has 1 aromatic heterocycles. The average molecular weight is 257 g/mol. The summed E-state index contributed by atoms with van der Waals surface area (Å²) < 4.78 is 5.17. The van der Waals surface area contributed by atoms with E-state index in [-0.39, 0.29) is 0 Å². The van der Waals surface area contributed by atoms with Gasteiger partial charge >= 0.3 is 0 Å². The topological polar surface area (TPSA) is 37.4 Å². The first-order chi connectivity index (χ1) is 9.24. The van der Waals surface area contributed by atoms with Crippen LogP contribution in [0.3, 0.4) is 0 Å². The Bertz CT molecular complexity index is 525. The predicted molar refractivity (Wildman–Crippen MR) is 78.1 cm³/mol. The Balaban J connectivity index is 2.22. The largest absolute Gasteiger partial charge is 0.497 e. The van der Waals surface area contributed by atoms with Gasteiger partial charge in [0.1, 0.15) is 5.75 Å². The molecule has 100 valence electrons. The van der Waals surface area contributed by atoms with E-state index < -0.39 is 0 Å². The van der Waals surface area contributed by atoms with Crippen LogP contribution in [0.15, 0.2) is 42.6 Å². The summed E-state index contributed by atoms with van der Waals surface area (Å²) in [5.74, 6) is 0.864.